The maximum atomic E-state index is 11.6. The van der Waals surface area contributed by atoms with E-state index in [0.29, 0.717) is 41.3 Å². The lowest BCUT2D eigenvalue weighted by Gasteiger charge is -2.18. The number of aromatic nitrogens is 6. The summed E-state index contributed by atoms with van der Waals surface area (Å²) in [4.78, 5) is 46.5. The largest absolute Gasteiger partial charge is 0.357 e. The molecule has 1 aromatic carbocycles. The molecular weight excluding hydrogens is 574 g/mol. The van der Waals surface area contributed by atoms with Gasteiger partial charge in [-0.25, -0.2) is 0 Å². The molecule has 250 valence electrons. The Bertz CT molecular complexity index is 1200. The van der Waals surface area contributed by atoms with E-state index in [0.717, 1.165) is 12.1 Å². The monoisotopic (exact) mass is 627 g/mol. The van der Waals surface area contributed by atoms with Crippen LogP contribution in [0.15, 0.2) is 24.3 Å². The number of carbonyl (C=O) groups excluding carboxylic acids is 1. The summed E-state index contributed by atoms with van der Waals surface area (Å²) in [6.07, 6.45) is 0. The molecule has 0 fully saturated rings. The molecule has 3 rings (SSSR count). The first-order valence-corrected chi connectivity index (χ1v) is 14.4. The molecule has 2 aromatic heterocycles. The lowest BCUT2D eigenvalue weighted by Crippen LogP contribution is -2.30. The van der Waals surface area contributed by atoms with Crippen molar-refractivity contribution in [2.75, 3.05) is 114 Å². The highest BCUT2D eigenvalue weighted by Crippen LogP contribution is 2.15. The van der Waals surface area contributed by atoms with Crippen molar-refractivity contribution in [2.45, 2.75) is 26.4 Å². The Balaban J connectivity index is 0.000000338. The van der Waals surface area contributed by atoms with Crippen LogP contribution >= 0.6 is 0 Å². The molecule has 0 radical (unpaired) electrons. The van der Waals surface area contributed by atoms with Crippen LogP contribution in [0.25, 0.3) is 0 Å². The molecule has 0 saturated carbocycles. The fourth-order valence-electron chi connectivity index (χ4n) is 3.12. The molecule has 16 nitrogen and oxygen atoms in total. The molecule has 2 heterocycles. The maximum Gasteiger partial charge on any atom is 0.251 e. The summed E-state index contributed by atoms with van der Waals surface area (Å²) in [6.45, 7) is 4.63. The quantitative estimate of drug-likeness (QED) is 0.224. The van der Waals surface area contributed by atoms with Gasteiger partial charge in [-0.2, -0.15) is 29.9 Å². The molecule has 0 atom stereocenters. The molecule has 0 saturated heterocycles. The average Bonchev–Trinajstić information content (AvgIpc) is 2.99. The van der Waals surface area contributed by atoms with Gasteiger partial charge in [0.25, 0.3) is 5.91 Å². The van der Waals surface area contributed by atoms with Crippen LogP contribution in [0.5, 0.6) is 0 Å². The number of benzene rings is 1. The number of nitrogens with zero attached hydrogens (tertiary/aromatic N) is 11. The molecule has 3 aromatic rings. The lowest BCUT2D eigenvalue weighted by molar-refractivity contribution is 0.0943. The van der Waals surface area contributed by atoms with Gasteiger partial charge in [-0.1, -0.05) is 12.1 Å². The molecule has 4 N–H and O–H groups in total. The first kappa shape index (κ1) is 38.5. The van der Waals surface area contributed by atoms with Crippen LogP contribution in [0, 0.1) is 0 Å². The van der Waals surface area contributed by atoms with Crippen LogP contribution in [0.1, 0.15) is 29.8 Å². The second-order valence-corrected chi connectivity index (χ2v) is 11.1. The Morgan fingerprint density at radius 1 is 0.622 bits per heavy atom. The number of carbonyl (C=O) groups is 1. The zero-order valence-corrected chi connectivity index (χ0v) is 29.4. The van der Waals surface area contributed by atoms with E-state index in [1.165, 1.54) is 0 Å². The number of nitrogens with one attached hydrogen (secondary N) is 4. The van der Waals surface area contributed by atoms with E-state index in [9.17, 15) is 4.79 Å². The third kappa shape index (κ3) is 13.7. The Morgan fingerprint density at radius 2 is 0.978 bits per heavy atom. The predicted molar refractivity (Wildman–Crippen MR) is 186 cm³/mol. The minimum atomic E-state index is -0.0249. The van der Waals surface area contributed by atoms with Crippen LogP contribution in [-0.4, -0.2) is 126 Å². The maximum absolute atomic E-state index is 11.6. The fraction of sp³-hybridized carbons (Fsp3) is 0.552. The average molecular weight is 628 g/mol. The summed E-state index contributed by atoms with van der Waals surface area (Å²) < 4.78 is 0. The molecule has 0 bridgehead atoms. The first-order valence-electron chi connectivity index (χ1n) is 14.4. The molecule has 1 amide bonds. The van der Waals surface area contributed by atoms with Gasteiger partial charge in [0.2, 0.25) is 35.7 Å². The minimum absolute atomic E-state index is 0.0249. The summed E-state index contributed by atoms with van der Waals surface area (Å²) in [5.41, 5.74) is 7.68. The van der Waals surface area contributed by atoms with Crippen LogP contribution in [0.3, 0.4) is 0 Å². The summed E-state index contributed by atoms with van der Waals surface area (Å²) in [7, 11) is 22.7. The van der Waals surface area contributed by atoms with Gasteiger partial charge in [-0.3, -0.25) is 15.6 Å². The Labute approximate surface area is 268 Å². The number of hydrogen-bond acceptors (Lipinski definition) is 15. The van der Waals surface area contributed by atoms with Gasteiger partial charge < -0.3 is 35.1 Å². The highest BCUT2D eigenvalue weighted by Gasteiger charge is 2.11. The Morgan fingerprint density at radius 3 is 1.27 bits per heavy atom. The Kier molecular flexibility index (Phi) is 16.2. The van der Waals surface area contributed by atoms with E-state index in [1.807, 2.05) is 140 Å². The summed E-state index contributed by atoms with van der Waals surface area (Å²) in [5, 5.41) is 5.76. The number of rotatable bonds is 11. The van der Waals surface area contributed by atoms with E-state index in [4.69, 9.17) is 0 Å². The topological polar surface area (TPSA) is 159 Å². The van der Waals surface area contributed by atoms with Gasteiger partial charge in [0.1, 0.15) is 0 Å². The van der Waals surface area contributed by atoms with E-state index in [-0.39, 0.29) is 11.9 Å². The molecule has 0 aliphatic rings. The predicted octanol–water partition coefficient (Wildman–Crippen LogP) is 1.16. The van der Waals surface area contributed by atoms with Crippen molar-refractivity contribution in [1.82, 2.24) is 46.1 Å². The zero-order chi connectivity index (χ0) is 34.3. The SMILES string of the molecule is CN(C)c1nc(N(C)C)nc(N(C)C)n1.CNNCc1ccc(C(=O)NC(C)C)cc1.CNc1nc(N(C)C)nc(N(C)C)n1. The standard InChI is InChI=1S/C12H19N3O.C9H18N6.C8H16N6/c1-9(2)15-12(16)11-6-4-10(5-7-11)8-14-13-3;1-13(2)7-10-8(14(3)4)12-9(11-7)15(5)6;1-9-6-10-7(13(2)3)12-8(11-6)14(4)5/h4-7,9,13-14H,8H2,1-3H3,(H,15,16);1-6H3;1-5H3,(H,9,10,11,12). The molecular formula is C29H53N15O. The van der Waals surface area contributed by atoms with Gasteiger partial charge in [0, 0.05) is 95.7 Å². The van der Waals surface area contributed by atoms with Crippen molar-refractivity contribution >= 4 is 41.6 Å². The van der Waals surface area contributed by atoms with Gasteiger partial charge in [-0.05, 0) is 38.6 Å². The smallest absolute Gasteiger partial charge is 0.251 e. The van der Waals surface area contributed by atoms with Gasteiger partial charge in [0.05, 0.1) is 0 Å². The van der Waals surface area contributed by atoms with E-state index >= 15 is 0 Å². The molecule has 0 unspecified atom stereocenters. The third-order valence-electron chi connectivity index (χ3n) is 5.54. The number of anilines is 6. The molecule has 16 heteroatoms. The van der Waals surface area contributed by atoms with Gasteiger partial charge >= 0.3 is 0 Å². The lowest BCUT2D eigenvalue weighted by atomic mass is 10.1. The summed E-state index contributed by atoms with van der Waals surface area (Å²) >= 11 is 0. The number of hydrogen-bond donors (Lipinski definition) is 4. The minimum Gasteiger partial charge on any atom is -0.357 e. The Hall–Kier alpha value is -4.57. The van der Waals surface area contributed by atoms with E-state index < -0.39 is 0 Å². The van der Waals surface area contributed by atoms with Crippen molar-refractivity contribution in [2.24, 2.45) is 0 Å². The van der Waals surface area contributed by atoms with Crippen LogP contribution in [-0.2, 0) is 6.54 Å². The van der Waals surface area contributed by atoms with Crippen molar-refractivity contribution in [3.63, 3.8) is 0 Å². The summed E-state index contributed by atoms with van der Waals surface area (Å²) in [5.74, 6) is 3.84. The number of amides is 1. The highest BCUT2D eigenvalue weighted by atomic mass is 16.1. The zero-order valence-electron chi connectivity index (χ0n) is 29.4. The van der Waals surface area contributed by atoms with E-state index in [1.54, 1.807) is 7.05 Å². The van der Waals surface area contributed by atoms with Crippen LogP contribution < -0.4 is 46.0 Å². The van der Waals surface area contributed by atoms with Crippen LogP contribution in [0.4, 0.5) is 35.7 Å². The summed E-state index contributed by atoms with van der Waals surface area (Å²) in [6, 6.07) is 7.73. The first-order chi connectivity index (χ1) is 21.1. The van der Waals surface area contributed by atoms with Crippen molar-refractivity contribution in [3.8, 4) is 0 Å². The number of hydrazine groups is 1. The third-order valence-corrected chi connectivity index (χ3v) is 5.54. The fourth-order valence-corrected chi connectivity index (χ4v) is 3.12. The second-order valence-electron chi connectivity index (χ2n) is 11.1. The van der Waals surface area contributed by atoms with E-state index in [2.05, 4.69) is 51.4 Å². The van der Waals surface area contributed by atoms with Crippen LogP contribution in [0.2, 0.25) is 0 Å². The highest BCUT2D eigenvalue weighted by molar-refractivity contribution is 5.94. The molecule has 45 heavy (non-hydrogen) atoms. The normalized spacial score (nSPS) is 10.1. The van der Waals surface area contributed by atoms with Crippen molar-refractivity contribution in [1.29, 1.82) is 0 Å². The van der Waals surface area contributed by atoms with Crippen molar-refractivity contribution in [3.05, 3.63) is 35.4 Å². The van der Waals surface area contributed by atoms with Crippen molar-refractivity contribution < 1.29 is 4.79 Å². The van der Waals surface area contributed by atoms with Gasteiger partial charge in [-0.15, -0.1) is 0 Å². The van der Waals surface area contributed by atoms with Gasteiger partial charge in [0.15, 0.2) is 0 Å². The molecule has 0 aliphatic carbocycles. The molecule has 0 spiro atoms. The molecule has 0 aliphatic heterocycles. The second kappa shape index (κ2) is 19.0.